The molecule has 2 aromatic rings. The van der Waals surface area contributed by atoms with Crippen LogP contribution in [-0.4, -0.2) is 9.13 Å². The average molecular weight is 242 g/mol. The Hall–Kier alpha value is -1.77. The van der Waals surface area contributed by atoms with Crippen molar-refractivity contribution in [1.29, 1.82) is 0 Å². The van der Waals surface area contributed by atoms with Gasteiger partial charge in [0.1, 0.15) is 0 Å². The number of imidazole rings is 1. The summed E-state index contributed by atoms with van der Waals surface area (Å²) in [7, 11) is 1.80. The molecule has 3 heteroatoms. The monoisotopic (exact) mass is 242 g/mol. The van der Waals surface area contributed by atoms with Crippen molar-refractivity contribution in [2.45, 2.75) is 31.7 Å². The van der Waals surface area contributed by atoms with Gasteiger partial charge in [0, 0.05) is 31.9 Å². The molecule has 0 radical (unpaired) electrons. The molecule has 18 heavy (non-hydrogen) atoms. The molecule has 0 N–H and O–H groups in total. The molecule has 0 amide bonds. The Labute approximate surface area is 107 Å². The number of hydrogen-bond acceptors (Lipinski definition) is 1. The van der Waals surface area contributed by atoms with Crippen molar-refractivity contribution in [1.82, 2.24) is 9.13 Å². The van der Waals surface area contributed by atoms with Crippen molar-refractivity contribution in [2.75, 3.05) is 0 Å². The lowest BCUT2D eigenvalue weighted by molar-refractivity contribution is 0.473. The van der Waals surface area contributed by atoms with E-state index in [1.165, 1.54) is 30.4 Å². The average Bonchev–Trinajstić information content (AvgIpc) is 2.71. The molecule has 0 saturated heterocycles. The molecule has 94 valence electrons. The highest BCUT2D eigenvalue weighted by Gasteiger charge is 2.20. The zero-order chi connectivity index (χ0) is 12.5. The quantitative estimate of drug-likeness (QED) is 0.794. The van der Waals surface area contributed by atoms with Crippen molar-refractivity contribution in [2.24, 2.45) is 7.05 Å². The molecule has 0 bridgehead atoms. The van der Waals surface area contributed by atoms with E-state index in [1.807, 2.05) is 17.0 Å². The van der Waals surface area contributed by atoms with Gasteiger partial charge in [0.05, 0.1) is 0 Å². The van der Waals surface area contributed by atoms with Crippen LogP contribution in [-0.2, 0) is 20.0 Å². The Bertz CT molecular complexity index is 609. The topological polar surface area (TPSA) is 26.9 Å². The Morgan fingerprint density at radius 2 is 2.11 bits per heavy atom. The van der Waals surface area contributed by atoms with Gasteiger partial charge in [-0.2, -0.15) is 0 Å². The van der Waals surface area contributed by atoms with Crippen LogP contribution in [0.3, 0.4) is 0 Å². The lowest BCUT2D eigenvalue weighted by Gasteiger charge is -2.25. The van der Waals surface area contributed by atoms with Crippen LogP contribution in [0.1, 0.15) is 29.9 Å². The number of nitrogens with zero attached hydrogens (tertiary/aromatic N) is 2. The minimum atomic E-state index is 0.0815. The van der Waals surface area contributed by atoms with Crippen LogP contribution in [0, 0.1) is 0 Å². The molecular formula is C15H18N2O. The molecule has 3 nitrogen and oxygen atoms in total. The van der Waals surface area contributed by atoms with Crippen molar-refractivity contribution in [3.63, 3.8) is 0 Å². The molecule has 3 rings (SSSR count). The fraction of sp³-hybridized carbons (Fsp3) is 0.400. The highest BCUT2D eigenvalue weighted by atomic mass is 16.1. The van der Waals surface area contributed by atoms with E-state index in [-0.39, 0.29) is 5.69 Å². The first-order valence-electron chi connectivity index (χ1n) is 6.55. The Kier molecular flexibility index (Phi) is 2.82. The molecule has 0 spiro atoms. The lowest BCUT2D eigenvalue weighted by Crippen LogP contribution is -2.25. The molecule has 0 saturated carbocycles. The van der Waals surface area contributed by atoms with Crippen molar-refractivity contribution in [3.05, 3.63) is 58.3 Å². The molecule has 1 aliphatic rings. The number of aromatic nitrogens is 2. The maximum absolute atomic E-state index is 11.9. The predicted octanol–water partition coefficient (Wildman–Crippen LogP) is 2.31. The van der Waals surface area contributed by atoms with E-state index in [2.05, 4.69) is 24.3 Å². The van der Waals surface area contributed by atoms with Crippen LogP contribution in [0.2, 0.25) is 0 Å². The van der Waals surface area contributed by atoms with Crippen LogP contribution in [0.4, 0.5) is 0 Å². The van der Waals surface area contributed by atoms with E-state index >= 15 is 0 Å². The molecule has 0 aliphatic heterocycles. The molecule has 1 unspecified atom stereocenters. The third-order valence-electron chi connectivity index (χ3n) is 3.93. The van der Waals surface area contributed by atoms with Gasteiger partial charge in [-0.05, 0) is 30.4 Å². The van der Waals surface area contributed by atoms with Crippen LogP contribution < -0.4 is 5.69 Å². The van der Waals surface area contributed by atoms with Gasteiger partial charge in [0.2, 0.25) is 0 Å². The first-order chi connectivity index (χ1) is 8.75. The third kappa shape index (κ3) is 1.90. The van der Waals surface area contributed by atoms with Gasteiger partial charge in [-0.15, -0.1) is 0 Å². The van der Waals surface area contributed by atoms with E-state index in [9.17, 15) is 4.79 Å². The van der Waals surface area contributed by atoms with Gasteiger partial charge < -0.3 is 4.57 Å². The number of benzene rings is 1. The standard InChI is InChI=1S/C15H18N2O/c1-16-9-10-17(15(16)18)11-13-7-4-6-12-5-2-3-8-14(12)13/h2-3,5,8-10,13H,4,6-7,11H2,1H3. The summed E-state index contributed by atoms with van der Waals surface area (Å²) in [6.45, 7) is 0.802. The molecular weight excluding hydrogens is 224 g/mol. The summed E-state index contributed by atoms with van der Waals surface area (Å²) in [6.07, 6.45) is 7.30. The highest BCUT2D eigenvalue weighted by Crippen LogP contribution is 2.32. The largest absolute Gasteiger partial charge is 0.327 e. The second-order valence-electron chi connectivity index (χ2n) is 5.13. The lowest BCUT2D eigenvalue weighted by atomic mass is 9.83. The van der Waals surface area contributed by atoms with Gasteiger partial charge >= 0.3 is 5.69 Å². The summed E-state index contributed by atoms with van der Waals surface area (Å²) in [5.41, 5.74) is 2.97. The van der Waals surface area contributed by atoms with Gasteiger partial charge in [0.15, 0.2) is 0 Å². The van der Waals surface area contributed by atoms with Gasteiger partial charge in [0.25, 0.3) is 0 Å². The van der Waals surface area contributed by atoms with Gasteiger partial charge in [-0.25, -0.2) is 4.79 Å². The van der Waals surface area contributed by atoms with Crippen molar-refractivity contribution >= 4 is 0 Å². The second-order valence-corrected chi connectivity index (χ2v) is 5.13. The summed E-state index contributed by atoms with van der Waals surface area (Å²) in [4.78, 5) is 11.9. The van der Waals surface area contributed by atoms with Crippen LogP contribution >= 0.6 is 0 Å². The number of fused-ring (bicyclic) bond motifs is 1. The molecule has 1 aromatic carbocycles. The van der Waals surface area contributed by atoms with Crippen molar-refractivity contribution < 1.29 is 0 Å². The fourth-order valence-corrected chi connectivity index (χ4v) is 2.93. The van der Waals surface area contributed by atoms with Crippen molar-refractivity contribution in [3.8, 4) is 0 Å². The van der Waals surface area contributed by atoms with Crippen LogP contribution in [0.25, 0.3) is 0 Å². The van der Waals surface area contributed by atoms with E-state index in [4.69, 9.17) is 0 Å². The number of aryl methyl sites for hydroxylation is 2. The second kappa shape index (κ2) is 4.48. The molecule has 1 atom stereocenters. The zero-order valence-electron chi connectivity index (χ0n) is 10.7. The summed E-state index contributed by atoms with van der Waals surface area (Å²) in [6, 6.07) is 8.64. The van der Waals surface area contributed by atoms with Crippen LogP contribution in [0.15, 0.2) is 41.5 Å². The maximum atomic E-state index is 11.9. The Morgan fingerprint density at radius 1 is 1.28 bits per heavy atom. The summed E-state index contributed by atoms with van der Waals surface area (Å²) < 4.78 is 3.46. The first-order valence-corrected chi connectivity index (χ1v) is 6.55. The van der Waals surface area contributed by atoms with Crippen LogP contribution in [0.5, 0.6) is 0 Å². The van der Waals surface area contributed by atoms with Gasteiger partial charge in [-0.3, -0.25) is 4.57 Å². The fourth-order valence-electron chi connectivity index (χ4n) is 2.93. The normalized spacial score (nSPS) is 18.6. The predicted molar refractivity (Wildman–Crippen MR) is 71.8 cm³/mol. The Morgan fingerprint density at radius 3 is 2.89 bits per heavy atom. The number of rotatable bonds is 2. The molecule has 1 aliphatic carbocycles. The zero-order valence-corrected chi connectivity index (χ0v) is 10.7. The number of hydrogen-bond donors (Lipinski definition) is 0. The minimum absolute atomic E-state index is 0.0815. The Balaban J connectivity index is 1.91. The summed E-state index contributed by atoms with van der Waals surface area (Å²) in [5, 5.41) is 0. The summed E-state index contributed by atoms with van der Waals surface area (Å²) in [5.74, 6) is 0.482. The van der Waals surface area contributed by atoms with Gasteiger partial charge in [-0.1, -0.05) is 24.3 Å². The summed E-state index contributed by atoms with van der Waals surface area (Å²) >= 11 is 0. The van der Waals surface area contributed by atoms with E-state index in [1.54, 1.807) is 11.6 Å². The highest BCUT2D eigenvalue weighted by molar-refractivity contribution is 5.32. The minimum Gasteiger partial charge on any atom is -0.302 e. The smallest absolute Gasteiger partial charge is 0.302 e. The first kappa shape index (κ1) is 11.3. The third-order valence-corrected chi connectivity index (χ3v) is 3.93. The molecule has 0 fully saturated rings. The molecule has 1 heterocycles. The maximum Gasteiger partial charge on any atom is 0.327 e. The SMILES string of the molecule is Cn1ccn(CC2CCCc3ccccc32)c1=O. The van der Waals surface area contributed by atoms with E-state index < -0.39 is 0 Å². The van der Waals surface area contributed by atoms with E-state index in [0.29, 0.717) is 5.92 Å². The molecule has 1 aromatic heterocycles. The van der Waals surface area contributed by atoms with E-state index in [0.717, 1.165) is 6.54 Å².